The van der Waals surface area contributed by atoms with Crippen LogP contribution in [0.25, 0.3) is 6.08 Å². The standard InChI is InChI=1S/C15H13ClN2O3S/c1-21-14(20)8-12-9-22-15(17-12)18-13(19)6-5-10-3-2-4-11(16)7-10/h2-7,9H,8H2,1H3,(H,17,18,19)/b6-5+. The number of nitrogens with zero attached hydrogens (tertiary/aromatic N) is 1. The molecule has 0 unspecified atom stereocenters. The van der Waals surface area contributed by atoms with Crippen LogP contribution in [-0.2, 0) is 20.7 Å². The van der Waals surface area contributed by atoms with Crippen LogP contribution in [0.3, 0.4) is 0 Å². The molecule has 22 heavy (non-hydrogen) atoms. The number of carbonyl (C=O) groups is 2. The minimum Gasteiger partial charge on any atom is -0.469 e. The number of halogens is 1. The minimum atomic E-state index is -0.371. The van der Waals surface area contributed by atoms with E-state index in [-0.39, 0.29) is 18.3 Å². The van der Waals surface area contributed by atoms with E-state index in [2.05, 4.69) is 15.0 Å². The van der Waals surface area contributed by atoms with Crippen LogP contribution in [0, 0.1) is 0 Å². The lowest BCUT2D eigenvalue weighted by Crippen LogP contribution is -2.08. The van der Waals surface area contributed by atoms with Gasteiger partial charge in [0.15, 0.2) is 5.13 Å². The van der Waals surface area contributed by atoms with Gasteiger partial charge in [-0.1, -0.05) is 23.7 Å². The number of aromatic nitrogens is 1. The number of ether oxygens (including phenoxy) is 1. The molecule has 2 aromatic rings. The second-order valence-corrected chi connectivity index (χ2v) is 5.57. The molecule has 0 saturated carbocycles. The van der Waals surface area contributed by atoms with Crippen molar-refractivity contribution in [1.29, 1.82) is 0 Å². The largest absolute Gasteiger partial charge is 0.469 e. The molecule has 1 amide bonds. The molecule has 1 heterocycles. The van der Waals surface area contributed by atoms with E-state index in [1.807, 2.05) is 6.07 Å². The average Bonchev–Trinajstić information content (AvgIpc) is 2.92. The van der Waals surface area contributed by atoms with Gasteiger partial charge in [0.2, 0.25) is 5.91 Å². The van der Waals surface area contributed by atoms with Gasteiger partial charge in [-0.15, -0.1) is 11.3 Å². The summed E-state index contributed by atoms with van der Waals surface area (Å²) in [5, 5.41) is 5.37. The highest BCUT2D eigenvalue weighted by Crippen LogP contribution is 2.16. The van der Waals surface area contributed by atoms with E-state index < -0.39 is 0 Å². The predicted molar refractivity (Wildman–Crippen MR) is 86.9 cm³/mol. The molecule has 0 aliphatic rings. The average molecular weight is 337 g/mol. The number of nitrogens with one attached hydrogen (secondary N) is 1. The molecule has 0 atom stereocenters. The number of esters is 1. The van der Waals surface area contributed by atoms with E-state index in [0.717, 1.165) is 5.56 Å². The summed E-state index contributed by atoms with van der Waals surface area (Å²) in [7, 11) is 1.32. The Morgan fingerprint density at radius 2 is 2.27 bits per heavy atom. The molecule has 1 aromatic carbocycles. The number of anilines is 1. The molecule has 0 aliphatic heterocycles. The second-order valence-electron chi connectivity index (χ2n) is 4.27. The highest BCUT2D eigenvalue weighted by molar-refractivity contribution is 7.14. The number of thiazole rings is 1. The van der Waals surface area contributed by atoms with Crippen LogP contribution >= 0.6 is 22.9 Å². The van der Waals surface area contributed by atoms with Gasteiger partial charge >= 0.3 is 5.97 Å². The van der Waals surface area contributed by atoms with Crippen LogP contribution in [0.1, 0.15) is 11.3 Å². The van der Waals surface area contributed by atoms with Gasteiger partial charge in [0, 0.05) is 16.5 Å². The van der Waals surface area contributed by atoms with Crippen LogP contribution in [-0.4, -0.2) is 24.0 Å². The van der Waals surface area contributed by atoms with E-state index in [4.69, 9.17) is 11.6 Å². The van der Waals surface area contributed by atoms with Gasteiger partial charge in [-0.05, 0) is 23.8 Å². The van der Waals surface area contributed by atoms with Crippen molar-refractivity contribution in [1.82, 2.24) is 4.98 Å². The predicted octanol–water partition coefficient (Wildman–Crippen LogP) is 3.16. The number of carbonyl (C=O) groups excluding carboxylic acids is 2. The summed E-state index contributed by atoms with van der Waals surface area (Å²) < 4.78 is 4.56. The summed E-state index contributed by atoms with van der Waals surface area (Å²) in [5.74, 6) is -0.678. The number of methoxy groups -OCH3 is 1. The molecule has 0 spiro atoms. The van der Waals surface area contributed by atoms with Gasteiger partial charge in [-0.2, -0.15) is 0 Å². The normalized spacial score (nSPS) is 10.6. The van der Waals surface area contributed by atoms with Gasteiger partial charge < -0.3 is 4.74 Å². The van der Waals surface area contributed by atoms with Crippen molar-refractivity contribution in [2.75, 3.05) is 12.4 Å². The summed E-state index contributed by atoms with van der Waals surface area (Å²) in [4.78, 5) is 27.1. The van der Waals surface area contributed by atoms with Gasteiger partial charge in [-0.3, -0.25) is 14.9 Å². The third-order valence-corrected chi connectivity index (χ3v) is 3.65. The molecule has 7 heteroatoms. The molecule has 1 N–H and O–H groups in total. The third kappa shape index (κ3) is 4.98. The summed E-state index contributed by atoms with van der Waals surface area (Å²) in [6, 6.07) is 7.16. The van der Waals surface area contributed by atoms with Crippen molar-refractivity contribution in [3.05, 3.63) is 52.0 Å². The van der Waals surface area contributed by atoms with Crippen molar-refractivity contribution in [2.24, 2.45) is 0 Å². The topological polar surface area (TPSA) is 68.3 Å². The number of benzene rings is 1. The fourth-order valence-corrected chi connectivity index (χ4v) is 2.51. The molecule has 1 aromatic heterocycles. The fraction of sp³-hybridized carbons (Fsp3) is 0.133. The summed E-state index contributed by atoms with van der Waals surface area (Å²) in [6.45, 7) is 0. The van der Waals surface area contributed by atoms with Crippen molar-refractivity contribution < 1.29 is 14.3 Å². The summed E-state index contributed by atoms with van der Waals surface area (Å²) >= 11 is 7.11. The van der Waals surface area contributed by atoms with E-state index in [1.165, 1.54) is 24.5 Å². The molecule has 0 fully saturated rings. The number of hydrogen-bond acceptors (Lipinski definition) is 5. The maximum absolute atomic E-state index is 11.8. The van der Waals surface area contributed by atoms with Crippen LogP contribution in [0.5, 0.6) is 0 Å². The van der Waals surface area contributed by atoms with Crippen molar-refractivity contribution in [2.45, 2.75) is 6.42 Å². The first-order valence-corrected chi connectivity index (χ1v) is 7.58. The zero-order valence-electron chi connectivity index (χ0n) is 11.7. The summed E-state index contributed by atoms with van der Waals surface area (Å²) in [6.07, 6.45) is 3.14. The Morgan fingerprint density at radius 3 is 3.00 bits per heavy atom. The summed E-state index contributed by atoms with van der Waals surface area (Å²) in [5.41, 5.74) is 1.39. The SMILES string of the molecule is COC(=O)Cc1csc(NC(=O)/C=C/c2cccc(Cl)c2)n1. The zero-order chi connectivity index (χ0) is 15.9. The molecule has 5 nitrogen and oxygen atoms in total. The Bertz CT molecular complexity index is 712. The van der Waals surface area contributed by atoms with Gasteiger partial charge in [0.25, 0.3) is 0 Å². The van der Waals surface area contributed by atoms with Crippen LogP contribution in [0.2, 0.25) is 5.02 Å². The first kappa shape index (κ1) is 16.2. The van der Waals surface area contributed by atoms with Crippen molar-refractivity contribution >= 4 is 46.0 Å². The van der Waals surface area contributed by atoms with E-state index in [0.29, 0.717) is 15.8 Å². The third-order valence-electron chi connectivity index (χ3n) is 2.61. The lowest BCUT2D eigenvalue weighted by molar-refractivity contribution is -0.139. The highest BCUT2D eigenvalue weighted by Gasteiger charge is 2.08. The van der Waals surface area contributed by atoms with E-state index in [9.17, 15) is 9.59 Å². The first-order chi connectivity index (χ1) is 10.6. The van der Waals surface area contributed by atoms with Gasteiger partial charge in [-0.25, -0.2) is 4.98 Å². The number of amides is 1. The molecule has 0 radical (unpaired) electrons. The van der Waals surface area contributed by atoms with Crippen molar-refractivity contribution in [3.63, 3.8) is 0 Å². The van der Waals surface area contributed by atoms with Crippen LogP contribution in [0.15, 0.2) is 35.7 Å². The molecule has 0 aliphatic carbocycles. The van der Waals surface area contributed by atoms with Crippen molar-refractivity contribution in [3.8, 4) is 0 Å². The molecule has 0 bridgehead atoms. The molecular formula is C15H13ClN2O3S. The van der Waals surface area contributed by atoms with Crippen LogP contribution in [0.4, 0.5) is 5.13 Å². The molecule has 0 saturated heterocycles. The molecule has 2 rings (SSSR count). The Balaban J connectivity index is 1.93. The Labute approximate surface area is 136 Å². The second kappa shape index (κ2) is 7.72. The van der Waals surface area contributed by atoms with Gasteiger partial charge in [0.1, 0.15) is 0 Å². The zero-order valence-corrected chi connectivity index (χ0v) is 13.3. The lowest BCUT2D eigenvalue weighted by Gasteiger charge is -1.97. The molecule has 114 valence electrons. The lowest BCUT2D eigenvalue weighted by atomic mass is 10.2. The van der Waals surface area contributed by atoms with Gasteiger partial charge in [0.05, 0.1) is 19.2 Å². The molecular weight excluding hydrogens is 324 g/mol. The Hall–Kier alpha value is -2.18. The van der Waals surface area contributed by atoms with E-state index >= 15 is 0 Å². The van der Waals surface area contributed by atoms with Crippen LogP contribution < -0.4 is 5.32 Å². The highest BCUT2D eigenvalue weighted by atomic mass is 35.5. The Kier molecular flexibility index (Phi) is 5.68. The smallest absolute Gasteiger partial charge is 0.311 e. The minimum absolute atomic E-state index is 0.0845. The first-order valence-electron chi connectivity index (χ1n) is 6.32. The number of hydrogen-bond donors (Lipinski definition) is 1. The fourth-order valence-electron chi connectivity index (χ4n) is 1.59. The van der Waals surface area contributed by atoms with E-state index in [1.54, 1.807) is 29.7 Å². The monoisotopic (exact) mass is 336 g/mol. The Morgan fingerprint density at radius 1 is 1.45 bits per heavy atom. The maximum Gasteiger partial charge on any atom is 0.311 e. The maximum atomic E-state index is 11.8. The number of rotatable bonds is 5. The quantitative estimate of drug-likeness (QED) is 0.672.